The Morgan fingerprint density at radius 2 is 2.07 bits per heavy atom. The van der Waals surface area contributed by atoms with Crippen molar-refractivity contribution in [1.82, 2.24) is 4.90 Å². The van der Waals surface area contributed by atoms with E-state index in [4.69, 9.17) is 5.11 Å². The fourth-order valence-electron chi connectivity index (χ4n) is 2.31. The van der Waals surface area contributed by atoms with E-state index in [2.05, 4.69) is 0 Å². The lowest BCUT2D eigenvalue weighted by Gasteiger charge is -2.22. The van der Waals surface area contributed by atoms with Crippen LogP contribution in [0, 0.1) is 5.92 Å². The lowest BCUT2D eigenvalue weighted by atomic mass is 10.0. The van der Waals surface area contributed by atoms with E-state index < -0.39 is 0 Å². The van der Waals surface area contributed by atoms with Gasteiger partial charge in [0.05, 0.1) is 0 Å². The zero-order valence-corrected chi connectivity index (χ0v) is 9.74. The van der Waals surface area contributed by atoms with Crippen LogP contribution in [0.1, 0.15) is 45.4 Å². The van der Waals surface area contributed by atoms with Crippen LogP contribution in [0.25, 0.3) is 0 Å². The maximum absolute atomic E-state index is 11.9. The summed E-state index contributed by atoms with van der Waals surface area (Å²) in [5.41, 5.74) is 0. The molecule has 0 atom stereocenters. The van der Waals surface area contributed by atoms with Gasteiger partial charge in [-0.1, -0.05) is 12.8 Å². The largest absolute Gasteiger partial charge is 0.396 e. The molecule has 1 fully saturated rings. The van der Waals surface area contributed by atoms with Crippen LogP contribution in [0.5, 0.6) is 0 Å². The van der Waals surface area contributed by atoms with Gasteiger partial charge in [0.25, 0.3) is 0 Å². The van der Waals surface area contributed by atoms with Gasteiger partial charge in [-0.25, -0.2) is 0 Å². The van der Waals surface area contributed by atoms with E-state index in [0.29, 0.717) is 18.9 Å². The molecular formula is C12H23NO2. The van der Waals surface area contributed by atoms with Crippen molar-refractivity contribution in [1.29, 1.82) is 0 Å². The van der Waals surface area contributed by atoms with Gasteiger partial charge in [-0.2, -0.15) is 0 Å². The van der Waals surface area contributed by atoms with Crippen LogP contribution in [0.15, 0.2) is 0 Å². The Balaban J connectivity index is 2.28. The average molecular weight is 213 g/mol. The first-order valence-corrected chi connectivity index (χ1v) is 6.16. The first kappa shape index (κ1) is 12.5. The fourth-order valence-corrected chi connectivity index (χ4v) is 2.31. The first-order chi connectivity index (χ1) is 7.27. The summed E-state index contributed by atoms with van der Waals surface area (Å²) in [6, 6.07) is 0. The van der Waals surface area contributed by atoms with Crippen LogP contribution in [0.4, 0.5) is 0 Å². The van der Waals surface area contributed by atoms with E-state index in [-0.39, 0.29) is 12.5 Å². The second-order valence-corrected chi connectivity index (χ2v) is 4.41. The predicted octanol–water partition coefficient (Wildman–Crippen LogP) is 1.80. The fraction of sp³-hybridized carbons (Fsp3) is 0.917. The number of nitrogens with zero attached hydrogens (tertiary/aromatic N) is 1. The molecule has 0 spiro atoms. The van der Waals surface area contributed by atoms with Gasteiger partial charge in [-0.15, -0.1) is 0 Å². The minimum absolute atomic E-state index is 0.174. The number of hydrogen-bond donors (Lipinski definition) is 1. The van der Waals surface area contributed by atoms with Crippen LogP contribution in [-0.2, 0) is 4.79 Å². The molecule has 0 heterocycles. The summed E-state index contributed by atoms with van der Waals surface area (Å²) in [5.74, 6) is 0.901. The Labute approximate surface area is 92.5 Å². The highest BCUT2D eigenvalue weighted by Crippen LogP contribution is 2.27. The third-order valence-electron chi connectivity index (χ3n) is 3.26. The molecule has 0 radical (unpaired) electrons. The Kier molecular flexibility index (Phi) is 5.69. The van der Waals surface area contributed by atoms with Gasteiger partial charge < -0.3 is 10.0 Å². The van der Waals surface area contributed by atoms with E-state index >= 15 is 0 Å². The van der Waals surface area contributed by atoms with E-state index in [1.54, 1.807) is 0 Å². The van der Waals surface area contributed by atoms with Crippen LogP contribution >= 0.6 is 0 Å². The Morgan fingerprint density at radius 1 is 1.40 bits per heavy atom. The molecule has 0 saturated heterocycles. The quantitative estimate of drug-likeness (QED) is 0.731. The number of aliphatic hydroxyl groups excluding tert-OH is 1. The summed E-state index contributed by atoms with van der Waals surface area (Å²) in [4.78, 5) is 13.7. The molecule has 1 aliphatic rings. The van der Waals surface area contributed by atoms with Crippen molar-refractivity contribution in [2.45, 2.75) is 45.4 Å². The van der Waals surface area contributed by atoms with E-state index in [1.807, 2.05) is 11.8 Å². The molecule has 0 aromatic rings. The van der Waals surface area contributed by atoms with Crippen molar-refractivity contribution in [3.63, 3.8) is 0 Å². The molecule has 0 bridgehead atoms. The number of carbonyl (C=O) groups is 1. The highest BCUT2D eigenvalue weighted by molar-refractivity contribution is 5.76. The third kappa shape index (κ3) is 4.20. The zero-order chi connectivity index (χ0) is 11.1. The second-order valence-electron chi connectivity index (χ2n) is 4.41. The molecule has 88 valence electrons. The molecule has 0 aromatic carbocycles. The number of amides is 1. The van der Waals surface area contributed by atoms with Gasteiger partial charge >= 0.3 is 0 Å². The van der Waals surface area contributed by atoms with Gasteiger partial charge in [0.15, 0.2) is 0 Å². The number of carbonyl (C=O) groups excluding carboxylic acids is 1. The Hall–Kier alpha value is -0.570. The van der Waals surface area contributed by atoms with Crippen molar-refractivity contribution >= 4 is 5.91 Å². The molecule has 3 heteroatoms. The highest BCUT2D eigenvalue weighted by atomic mass is 16.3. The summed E-state index contributed by atoms with van der Waals surface area (Å²) < 4.78 is 0. The van der Waals surface area contributed by atoms with Crippen molar-refractivity contribution in [2.24, 2.45) is 5.92 Å². The summed E-state index contributed by atoms with van der Waals surface area (Å²) in [6.07, 6.45) is 6.46. The predicted molar refractivity (Wildman–Crippen MR) is 60.5 cm³/mol. The van der Waals surface area contributed by atoms with Crippen molar-refractivity contribution < 1.29 is 9.90 Å². The van der Waals surface area contributed by atoms with E-state index in [9.17, 15) is 4.79 Å². The van der Waals surface area contributed by atoms with Crippen LogP contribution in [0.2, 0.25) is 0 Å². The van der Waals surface area contributed by atoms with Crippen LogP contribution in [-0.4, -0.2) is 35.6 Å². The molecule has 1 aliphatic carbocycles. The zero-order valence-electron chi connectivity index (χ0n) is 9.74. The lowest BCUT2D eigenvalue weighted by molar-refractivity contribution is -0.132. The summed E-state index contributed by atoms with van der Waals surface area (Å²) >= 11 is 0. The maximum atomic E-state index is 11.9. The smallest absolute Gasteiger partial charge is 0.222 e. The maximum Gasteiger partial charge on any atom is 0.222 e. The monoisotopic (exact) mass is 213 g/mol. The minimum atomic E-state index is 0.174. The molecule has 0 unspecified atom stereocenters. The van der Waals surface area contributed by atoms with Gasteiger partial charge in [-0.05, 0) is 32.1 Å². The molecule has 15 heavy (non-hydrogen) atoms. The SMILES string of the molecule is CCN(CCCO)C(=O)CC1CCCC1. The van der Waals surface area contributed by atoms with Gasteiger partial charge in [0.2, 0.25) is 5.91 Å². The van der Waals surface area contributed by atoms with Crippen LogP contribution < -0.4 is 0 Å². The van der Waals surface area contributed by atoms with Gasteiger partial charge in [-0.3, -0.25) is 4.79 Å². The molecular weight excluding hydrogens is 190 g/mol. The normalized spacial score (nSPS) is 16.9. The summed E-state index contributed by atoms with van der Waals surface area (Å²) in [6.45, 7) is 3.65. The molecule has 3 nitrogen and oxygen atoms in total. The standard InChI is InChI=1S/C12H23NO2/c1-2-13(8-5-9-14)12(15)10-11-6-3-4-7-11/h11,14H,2-10H2,1H3. The average Bonchev–Trinajstić information content (AvgIpc) is 2.71. The first-order valence-electron chi connectivity index (χ1n) is 6.16. The Morgan fingerprint density at radius 3 is 2.60 bits per heavy atom. The molecule has 0 aliphatic heterocycles. The second kappa shape index (κ2) is 6.83. The minimum Gasteiger partial charge on any atom is -0.396 e. The highest BCUT2D eigenvalue weighted by Gasteiger charge is 2.20. The van der Waals surface area contributed by atoms with Crippen molar-refractivity contribution in [2.75, 3.05) is 19.7 Å². The van der Waals surface area contributed by atoms with E-state index in [0.717, 1.165) is 13.0 Å². The molecule has 1 rings (SSSR count). The van der Waals surface area contributed by atoms with Crippen molar-refractivity contribution in [3.8, 4) is 0 Å². The van der Waals surface area contributed by atoms with Gasteiger partial charge in [0.1, 0.15) is 0 Å². The van der Waals surface area contributed by atoms with Crippen molar-refractivity contribution in [3.05, 3.63) is 0 Å². The third-order valence-corrected chi connectivity index (χ3v) is 3.26. The lowest BCUT2D eigenvalue weighted by Crippen LogP contribution is -2.33. The van der Waals surface area contributed by atoms with Crippen LogP contribution in [0.3, 0.4) is 0 Å². The molecule has 1 saturated carbocycles. The molecule has 1 amide bonds. The van der Waals surface area contributed by atoms with E-state index in [1.165, 1.54) is 25.7 Å². The van der Waals surface area contributed by atoms with Gasteiger partial charge in [0, 0.05) is 26.1 Å². The number of rotatable bonds is 6. The Bertz CT molecular complexity index is 188. The number of aliphatic hydroxyl groups is 1. The molecule has 0 aromatic heterocycles. The summed E-state index contributed by atoms with van der Waals surface area (Å²) in [5, 5.41) is 8.74. The topological polar surface area (TPSA) is 40.5 Å². The molecule has 1 N–H and O–H groups in total. The number of hydrogen-bond acceptors (Lipinski definition) is 2. The summed E-state index contributed by atoms with van der Waals surface area (Å²) in [7, 11) is 0.